The van der Waals surface area contributed by atoms with Crippen molar-refractivity contribution in [3.05, 3.63) is 0 Å². The quantitative estimate of drug-likeness (QED) is 0.613. The summed E-state index contributed by atoms with van der Waals surface area (Å²) in [6, 6.07) is 0. The number of ether oxygens (including phenoxy) is 3. The molecule has 1 heterocycles. The van der Waals surface area contributed by atoms with E-state index in [-0.39, 0.29) is 5.92 Å². The van der Waals surface area contributed by atoms with E-state index in [1.54, 1.807) is 0 Å². The van der Waals surface area contributed by atoms with Crippen LogP contribution in [-0.4, -0.2) is 50.9 Å². The predicted octanol–water partition coefficient (Wildman–Crippen LogP) is 0.827. The van der Waals surface area contributed by atoms with E-state index in [0.717, 1.165) is 26.1 Å². The average molecular weight is 218 g/mol. The fourth-order valence-corrected chi connectivity index (χ4v) is 1.56. The maximum Gasteiger partial charge on any atom is 0.0824 e. The second-order valence-corrected chi connectivity index (χ2v) is 3.88. The molecule has 0 saturated carbocycles. The lowest BCUT2D eigenvalue weighted by Gasteiger charge is -2.16. The summed E-state index contributed by atoms with van der Waals surface area (Å²) in [7, 11) is 0. The molecule has 1 fully saturated rings. The largest absolute Gasteiger partial charge is 0.390 e. The Labute approximate surface area is 91.5 Å². The number of aliphatic hydroxyl groups excluding tert-OH is 1. The van der Waals surface area contributed by atoms with Crippen molar-refractivity contribution in [1.29, 1.82) is 0 Å². The Morgan fingerprint density at radius 1 is 1.33 bits per heavy atom. The van der Waals surface area contributed by atoms with Crippen molar-refractivity contribution in [1.82, 2.24) is 0 Å². The van der Waals surface area contributed by atoms with Crippen LogP contribution in [0, 0.1) is 5.92 Å². The minimum Gasteiger partial charge on any atom is -0.390 e. The molecule has 0 amide bonds. The summed E-state index contributed by atoms with van der Waals surface area (Å²) in [5.41, 5.74) is 0. The van der Waals surface area contributed by atoms with Gasteiger partial charge in [-0.25, -0.2) is 0 Å². The molecule has 4 nitrogen and oxygen atoms in total. The van der Waals surface area contributed by atoms with Gasteiger partial charge < -0.3 is 19.3 Å². The summed E-state index contributed by atoms with van der Waals surface area (Å²) in [5.74, 6) is 0.251. The monoisotopic (exact) mass is 218 g/mol. The van der Waals surface area contributed by atoms with E-state index in [1.165, 1.54) is 0 Å². The van der Waals surface area contributed by atoms with Crippen molar-refractivity contribution in [3.63, 3.8) is 0 Å². The molecule has 15 heavy (non-hydrogen) atoms. The van der Waals surface area contributed by atoms with Gasteiger partial charge in [0.2, 0.25) is 0 Å². The molecule has 2 unspecified atom stereocenters. The first-order chi connectivity index (χ1) is 7.34. The van der Waals surface area contributed by atoms with Crippen molar-refractivity contribution < 1.29 is 19.3 Å². The van der Waals surface area contributed by atoms with Gasteiger partial charge in [-0.05, 0) is 12.8 Å². The molecule has 0 aliphatic carbocycles. The lowest BCUT2D eigenvalue weighted by molar-refractivity contribution is -0.0181. The molecule has 1 aliphatic heterocycles. The van der Waals surface area contributed by atoms with Crippen LogP contribution in [0.5, 0.6) is 0 Å². The zero-order valence-electron chi connectivity index (χ0n) is 9.48. The van der Waals surface area contributed by atoms with Gasteiger partial charge in [0.05, 0.1) is 32.5 Å². The zero-order valence-corrected chi connectivity index (χ0v) is 9.48. The van der Waals surface area contributed by atoms with Gasteiger partial charge in [-0.3, -0.25) is 0 Å². The Bertz CT molecular complexity index is 146. The molecule has 90 valence electrons. The molecule has 2 atom stereocenters. The third-order valence-corrected chi connectivity index (χ3v) is 2.52. The van der Waals surface area contributed by atoms with E-state index in [9.17, 15) is 5.11 Å². The highest BCUT2D eigenvalue weighted by molar-refractivity contribution is 4.72. The second-order valence-electron chi connectivity index (χ2n) is 3.88. The van der Waals surface area contributed by atoms with Crippen molar-refractivity contribution >= 4 is 0 Å². The molecule has 1 rings (SSSR count). The van der Waals surface area contributed by atoms with Gasteiger partial charge in [0, 0.05) is 19.1 Å². The minimum absolute atomic E-state index is 0.251. The Hall–Kier alpha value is -0.160. The summed E-state index contributed by atoms with van der Waals surface area (Å²) in [6.07, 6.45) is 1.58. The van der Waals surface area contributed by atoms with Crippen molar-refractivity contribution in [2.75, 3.05) is 39.6 Å². The fourth-order valence-electron chi connectivity index (χ4n) is 1.56. The molecule has 1 N–H and O–H groups in total. The Morgan fingerprint density at radius 2 is 2.13 bits per heavy atom. The Morgan fingerprint density at radius 3 is 2.80 bits per heavy atom. The molecule has 1 saturated heterocycles. The smallest absolute Gasteiger partial charge is 0.0824 e. The van der Waals surface area contributed by atoms with E-state index < -0.39 is 6.10 Å². The molecule has 0 radical (unpaired) electrons. The van der Waals surface area contributed by atoms with Crippen molar-refractivity contribution in [2.45, 2.75) is 25.9 Å². The summed E-state index contributed by atoms with van der Waals surface area (Å²) < 4.78 is 15.8. The van der Waals surface area contributed by atoms with E-state index in [2.05, 4.69) is 6.92 Å². The highest BCUT2D eigenvalue weighted by atomic mass is 16.5. The first kappa shape index (κ1) is 12.9. The van der Waals surface area contributed by atoms with Gasteiger partial charge in [0.1, 0.15) is 0 Å². The third kappa shape index (κ3) is 5.47. The number of rotatable bonds is 8. The minimum atomic E-state index is -0.390. The zero-order chi connectivity index (χ0) is 10.9. The summed E-state index contributed by atoms with van der Waals surface area (Å²) in [5, 5.41) is 9.71. The fraction of sp³-hybridized carbons (Fsp3) is 1.00. The van der Waals surface area contributed by atoms with Gasteiger partial charge in [-0.2, -0.15) is 0 Å². The van der Waals surface area contributed by atoms with Crippen LogP contribution in [0.25, 0.3) is 0 Å². The summed E-state index contributed by atoms with van der Waals surface area (Å²) in [4.78, 5) is 0. The SMILES string of the molecule is CCCOCCOCC(O)C1CCOC1. The Balaban J connectivity index is 1.90. The van der Waals surface area contributed by atoms with E-state index >= 15 is 0 Å². The predicted molar refractivity (Wildman–Crippen MR) is 56.9 cm³/mol. The first-order valence-electron chi connectivity index (χ1n) is 5.76. The van der Waals surface area contributed by atoms with Gasteiger partial charge in [-0.15, -0.1) is 0 Å². The molecule has 4 heteroatoms. The van der Waals surface area contributed by atoms with E-state index in [4.69, 9.17) is 14.2 Å². The topological polar surface area (TPSA) is 47.9 Å². The highest BCUT2D eigenvalue weighted by Gasteiger charge is 2.23. The lowest BCUT2D eigenvalue weighted by atomic mass is 10.0. The van der Waals surface area contributed by atoms with Crippen LogP contribution in [0.1, 0.15) is 19.8 Å². The molecular formula is C11H22O4. The number of hydrogen-bond acceptors (Lipinski definition) is 4. The Kier molecular flexibility index (Phi) is 6.92. The number of aliphatic hydroxyl groups is 1. The van der Waals surface area contributed by atoms with E-state index in [1.807, 2.05) is 0 Å². The summed E-state index contributed by atoms with van der Waals surface area (Å²) >= 11 is 0. The van der Waals surface area contributed by atoms with Crippen LogP contribution < -0.4 is 0 Å². The molecule has 0 aromatic heterocycles. The molecular weight excluding hydrogens is 196 g/mol. The van der Waals surface area contributed by atoms with Crippen LogP contribution in [0.2, 0.25) is 0 Å². The first-order valence-corrected chi connectivity index (χ1v) is 5.76. The van der Waals surface area contributed by atoms with Gasteiger partial charge in [-0.1, -0.05) is 6.92 Å². The van der Waals surface area contributed by atoms with Gasteiger partial charge >= 0.3 is 0 Å². The summed E-state index contributed by atoms with van der Waals surface area (Å²) in [6.45, 7) is 5.85. The van der Waals surface area contributed by atoms with Crippen LogP contribution in [0.4, 0.5) is 0 Å². The van der Waals surface area contributed by atoms with Crippen molar-refractivity contribution in [2.24, 2.45) is 5.92 Å². The van der Waals surface area contributed by atoms with Crippen LogP contribution in [0.3, 0.4) is 0 Å². The maximum atomic E-state index is 9.71. The molecule has 0 spiro atoms. The van der Waals surface area contributed by atoms with Crippen LogP contribution in [-0.2, 0) is 14.2 Å². The van der Waals surface area contributed by atoms with Gasteiger partial charge in [0.25, 0.3) is 0 Å². The number of hydrogen-bond donors (Lipinski definition) is 1. The van der Waals surface area contributed by atoms with Crippen LogP contribution >= 0.6 is 0 Å². The molecule has 1 aliphatic rings. The second kappa shape index (κ2) is 8.05. The maximum absolute atomic E-state index is 9.71. The normalized spacial score (nSPS) is 23.2. The molecule has 0 aromatic rings. The average Bonchev–Trinajstić information content (AvgIpc) is 2.76. The lowest BCUT2D eigenvalue weighted by Crippen LogP contribution is -2.26. The third-order valence-electron chi connectivity index (χ3n) is 2.52. The molecule has 0 bridgehead atoms. The standard InChI is InChI=1S/C11H22O4/c1-2-4-13-6-7-15-9-11(12)10-3-5-14-8-10/h10-12H,2-9H2,1H3. The van der Waals surface area contributed by atoms with Gasteiger partial charge in [0.15, 0.2) is 0 Å². The highest BCUT2D eigenvalue weighted by Crippen LogP contribution is 2.16. The van der Waals surface area contributed by atoms with Crippen molar-refractivity contribution in [3.8, 4) is 0 Å². The molecule has 0 aromatic carbocycles. The van der Waals surface area contributed by atoms with Crippen LogP contribution in [0.15, 0.2) is 0 Å². The van der Waals surface area contributed by atoms with E-state index in [0.29, 0.717) is 26.4 Å².